The lowest BCUT2D eigenvalue weighted by Crippen LogP contribution is -2.39. The van der Waals surface area contributed by atoms with Crippen molar-refractivity contribution >= 4 is 17.5 Å². The summed E-state index contributed by atoms with van der Waals surface area (Å²) in [4.78, 5) is 30.6. The molecule has 0 aromatic carbocycles. The SMILES string of the molecule is CCc1noc(C)c1NC(=O)C(=O)N1CCCC1c1ccncc1. The Hall–Kier alpha value is -2.70. The van der Waals surface area contributed by atoms with Gasteiger partial charge in [-0.2, -0.15) is 0 Å². The first kappa shape index (κ1) is 16.2. The quantitative estimate of drug-likeness (QED) is 0.873. The highest BCUT2D eigenvalue weighted by Gasteiger charge is 2.34. The van der Waals surface area contributed by atoms with Gasteiger partial charge in [-0.25, -0.2) is 0 Å². The van der Waals surface area contributed by atoms with Crippen LogP contribution in [0.5, 0.6) is 0 Å². The summed E-state index contributed by atoms with van der Waals surface area (Å²) in [7, 11) is 0. The van der Waals surface area contributed by atoms with Gasteiger partial charge in [-0.05, 0) is 43.9 Å². The molecule has 0 radical (unpaired) electrons. The molecule has 1 aliphatic rings. The molecule has 126 valence electrons. The lowest BCUT2D eigenvalue weighted by atomic mass is 10.1. The van der Waals surface area contributed by atoms with Crippen LogP contribution in [0, 0.1) is 6.92 Å². The van der Waals surface area contributed by atoms with E-state index in [0.717, 1.165) is 18.4 Å². The maximum absolute atomic E-state index is 12.6. The summed E-state index contributed by atoms with van der Waals surface area (Å²) >= 11 is 0. The van der Waals surface area contributed by atoms with Gasteiger partial charge < -0.3 is 14.7 Å². The van der Waals surface area contributed by atoms with Crippen LogP contribution in [0.2, 0.25) is 0 Å². The Morgan fingerprint density at radius 3 is 2.83 bits per heavy atom. The average molecular weight is 328 g/mol. The van der Waals surface area contributed by atoms with E-state index in [9.17, 15) is 9.59 Å². The summed E-state index contributed by atoms with van der Waals surface area (Å²) in [5, 5.41) is 6.54. The Bertz CT molecular complexity index is 742. The van der Waals surface area contributed by atoms with Gasteiger partial charge in [0.15, 0.2) is 5.76 Å². The topological polar surface area (TPSA) is 88.3 Å². The lowest BCUT2D eigenvalue weighted by molar-refractivity contribution is -0.143. The molecule has 0 aliphatic carbocycles. The number of aryl methyl sites for hydroxylation is 2. The standard InChI is InChI=1S/C17H20N4O3/c1-3-13-15(11(2)24-20-13)19-16(22)17(23)21-10-4-5-14(21)12-6-8-18-9-7-12/h6-9,14H,3-5,10H2,1-2H3,(H,19,22). The lowest BCUT2D eigenvalue weighted by Gasteiger charge is -2.24. The van der Waals surface area contributed by atoms with E-state index in [1.165, 1.54) is 0 Å². The zero-order valence-electron chi connectivity index (χ0n) is 13.8. The molecule has 2 aromatic rings. The summed E-state index contributed by atoms with van der Waals surface area (Å²) in [6.07, 6.45) is 5.73. The molecule has 1 aliphatic heterocycles. The van der Waals surface area contributed by atoms with Crippen LogP contribution in [0.15, 0.2) is 29.0 Å². The van der Waals surface area contributed by atoms with Crippen LogP contribution in [0.1, 0.15) is 42.8 Å². The molecule has 1 saturated heterocycles. The molecule has 7 nitrogen and oxygen atoms in total. The zero-order valence-corrected chi connectivity index (χ0v) is 13.8. The van der Waals surface area contributed by atoms with Gasteiger partial charge in [-0.1, -0.05) is 12.1 Å². The van der Waals surface area contributed by atoms with Crippen LogP contribution >= 0.6 is 0 Å². The predicted octanol–water partition coefficient (Wildman–Crippen LogP) is 2.24. The molecule has 24 heavy (non-hydrogen) atoms. The van der Waals surface area contributed by atoms with Gasteiger partial charge in [-0.3, -0.25) is 14.6 Å². The molecule has 0 bridgehead atoms. The van der Waals surface area contributed by atoms with E-state index in [0.29, 0.717) is 30.1 Å². The number of hydrogen-bond acceptors (Lipinski definition) is 5. The fourth-order valence-electron chi connectivity index (χ4n) is 3.06. The van der Waals surface area contributed by atoms with E-state index in [1.807, 2.05) is 19.1 Å². The van der Waals surface area contributed by atoms with E-state index >= 15 is 0 Å². The Morgan fingerprint density at radius 1 is 1.38 bits per heavy atom. The third-order valence-electron chi connectivity index (χ3n) is 4.31. The smallest absolute Gasteiger partial charge is 0.314 e. The molecule has 1 fully saturated rings. The molecule has 3 heterocycles. The molecule has 1 unspecified atom stereocenters. The Morgan fingerprint density at radius 2 is 2.12 bits per heavy atom. The van der Waals surface area contributed by atoms with Crippen LogP contribution in [0.25, 0.3) is 0 Å². The summed E-state index contributed by atoms with van der Waals surface area (Å²) in [5.74, 6) is -0.686. The van der Waals surface area contributed by atoms with E-state index in [2.05, 4.69) is 15.5 Å². The largest absolute Gasteiger partial charge is 0.359 e. The monoisotopic (exact) mass is 328 g/mol. The summed E-state index contributed by atoms with van der Waals surface area (Å²) < 4.78 is 5.09. The van der Waals surface area contributed by atoms with Crippen molar-refractivity contribution in [3.8, 4) is 0 Å². The van der Waals surface area contributed by atoms with Crippen LogP contribution in [0.3, 0.4) is 0 Å². The Balaban J connectivity index is 1.75. The van der Waals surface area contributed by atoms with E-state index in [4.69, 9.17) is 4.52 Å². The molecule has 7 heteroatoms. The summed E-state index contributed by atoms with van der Waals surface area (Å²) in [5.41, 5.74) is 2.13. The minimum atomic E-state index is -0.656. The molecular formula is C17H20N4O3. The summed E-state index contributed by atoms with van der Waals surface area (Å²) in [6.45, 7) is 4.19. The van der Waals surface area contributed by atoms with Crippen LogP contribution < -0.4 is 5.32 Å². The van der Waals surface area contributed by atoms with Crippen molar-refractivity contribution in [1.82, 2.24) is 15.0 Å². The number of nitrogens with one attached hydrogen (secondary N) is 1. The molecule has 2 amide bonds. The second-order valence-electron chi connectivity index (χ2n) is 5.81. The van der Waals surface area contributed by atoms with Gasteiger partial charge in [0.05, 0.1) is 6.04 Å². The number of carbonyl (C=O) groups excluding carboxylic acids is 2. The van der Waals surface area contributed by atoms with Crippen molar-refractivity contribution in [2.75, 3.05) is 11.9 Å². The molecular weight excluding hydrogens is 308 g/mol. The number of pyridine rings is 1. The number of carbonyl (C=O) groups is 2. The first-order valence-electron chi connectivity index (χ1n) is 8.08. The first-order valence-corrected chi connectivity index (χ1v) is 8.08. The van der Waals surface area contributed by atoms with Crippen molar-refractivity contribution in [3.05, 3.63) is 41.5 Å². The average Bonchev–Trinajstić information content (AvgIpc) is 3.22. The molecule has 1 N–H and O–H groups in total. The molecule has 0 saturated carbocycles. The van der Waals surface area contributed by atoms with Crippen molar-refractivity contribution in [2.24, 2.45) is 0 Å². The fourth-order valence-corrected chi connectivity index (χ4v) is 3.06. The number of anilines is 1. The minimum absolute atomic E-state index is 0.0829. The van der Waals surface area contributed by atoms with Crippen molar-refractivity contribution < 1.29 is 14.1 Å². The first-order chi connectivity index (χ1) is 11.6. The van der Waals surface area contributed by atoms with Crippen molar-refractivity contribution in [1.29, 1.82) is 0 Å². The van der Waals surface area contributed by atoms with Crippen LogP contribution in [-0.4, -0.2) is 33.4 Å². The second-order valence-corrected chi connectivity index (χ2v) is 5.81. The molecule has 2 aromatic heterocycles. The van der Waals surface area contributed by atoms with Crippen molar-refractivity contribution in [3.63, 3.8) is 0 Å². The maximum atomic E-state index is 12.6. The molecule has 0 spiro atoms. The molecule has 3 rings (SSSR count). The summed E-state index contributed by atoms with van der Waals surface area (Å²) in [6, 6.07) is 3.68. The number of likely N-dealkylation sites (tertiary alicyclic amines) is 1. The second kappa shape index (κ2) is 6.82. The van der Waals surface area contributed by atoms with Gasteiger partial charge in [0, 0.05) is 18.9 Å². The van der Waals surface area contributed by atoms with Gasteiger partial charge in [0.2, 0.25) is 0 Å². The Kier molecular flexibility index (Phi) is 4.59. The highest BCUT2D eigenvalue weighted by Crippen LogP contribution is 2.31. The fraction of sp³-hybridized carbons (Fsp3) is 0.412. The normalized spacial score (nSPS) is 17.1. The van der Waals surface area contributed by atoms with Crippen LogP contribution in [-0.2, 0) is 16.0 Å². The predicted molar refractivity (Wildman–Crippen MR) is 87.2 cm³/mol. The van der Waals surface area contributed by atoms with E-state index < -0.39 is 11.8 Å². The number of rotatable bonds is 3. The van der Waals surface area contributed by atoms with E-state index in [-0.39, 0.29) is 6.04 Å². The van der Waals surface area contributed by atoms with Gasteiger partial charge in [0.25, 0.3) is 0 Å². The Labute approximate surface area is 140 Å². The third kappa shape index (κ3) is 3.02. The minimum Gasteiger partial charge on any atom is -0.359 e. The number of nitrogens with zero attached hydrogens (tertiary/aromatic N) is 3. The maximum Gasteiger partial charge on any atom is 0.314 e. The van der Waals surface area contributed by atoms with Crippen LogP contribution in [0.4, 0.5) is 5.69 Å². The highest BCUT2D eigenvalue weighted by molar-refractivity contribution is 6.39. The number of amides is 2. The highest BCUT2D eigenvalue weighted by atomic mass is 16.5. The third-order valence-corrected chi connectivity index (χ3v) is 4.31. The van der Waals surface area contributed by atoms with Gasteiger partial charge in [-0.15, -0.1) is 0 Å². The van der Waals surface area contributed by atoms with E-state index in [1.54, 1.807) is 24.2 Å². The van der Waals surface area contributed by atoms with Crippen molar-refractivity contribution in [2.45, 2.75) is 39.2 Å². The number of hydrogen-bond donors (Lipinski definition) is 1. The van der Waals surface area contributed by atoms with Gasteiger partial charge in [0.1, 0.15) is 11.4 Å². The molecule has 1 atom stereocenters. The zero-order chi connectivity index (χ0) is 17.1. The van der Waals surface area contributed by atoms with Gasteiger partial charge >= 0.3 is 11.8 Å². The number of aromatic nitrogens is 2.